The maximum absolute atomic E-state index is 12.4. The third-order valence-corrected chi connectivity index (χ3v) is 4.32. The largest absolute Gasteiger partial charge is 0.508 e. The number of hydrogen-bond acceptors (Lipinski definition) is 4. The highest BCUT2D eigenvalue weighted by molar-refractivity contribution is 5.88. The number of nitrogens with zero attached hydrogens (tertiary/aromatic N) is 2. The Morgan fingerprint density at radius 1 is 1.15 bits per heavy atom. The van der Waals surface area contributed by atoms with Crippen molar-refractivity contribution >= 4 is 5.91 Å². The number of rotatable bonds is 4. The number of hydrogen-bond donors (Lipinski definition) is 3. The molecule has 1 aromatic heterocycles. The number of carbonyl (C=O) groups excluding carboxylic acids is 1. The Kier molecular flexibility index (Phi) is 3.93. The second-order valence-corrected chi connectivity index (χ2v) is 6.19. The maximum atomic E-state index is 12.4. The molecule has 3 aromatic rings. The molecule has 1 fully saturated rings. The van der Waals surface area contributed by atoms with Crippen LogP contribution in [0.2, 0.25) is 0 Å². The summed E-state index contributed by atoms with van der Waals surface area (Å²) in [7, 11) is 0. The van der Waals surface area contributed by atoms with Crippen LogP contribution in [0.3, 0.4) is 0 Å². The number of amides is 1. The minimum atomic E-state index is -0.572. The second kappa shape index (κ2) is 6.40. The summed E-state index contributed by atoms with van der Waals surface area (Å²) in [6, 6.07) is 16.2. The Bertz CT molecular complexity index is 978. The molecule has 1 saturated heterocycles. The topological polar surface area (TPSA) is 79.2 Å². The Morgan fingerprint density at radius 3 is 2.65 bits per heavy atom. The van der Waals surface area contributed by atoms with Gasteiger partial charge in [-0.05, 0) is 17.7 Å². The molecule has 26 heavy (non-hydrogen) atoms. The molecule has 1 atom stereocenters. The molecule has 6 nitrogen and oxygen atoms in total. The molecule has 1 aliphatic heterocycles. The summed E-state index contributed by atoms with van der Waals surface area (Å²) in [6.45, 7) is 4.27. The highest BCUT2D eigenvalue weighted by Gasteiger charge is 2.33. The molecule has 0 saturated carbocycles. The van der Waals surface area contributed by atoms with E-state index in [-0.39, 0.29) is 11.7 Å². The van der Waals surface area contributed by atoms with E-state index in [0.717, 1.165) is 22.5 Å². The van der Waals surface area contributed by atoms with Crippen LogP contribution in [0.4, 0.5) is 0 Å². The number of imidazole rings is 1. The number of phenols is 1. The highest BCUT2D eigenvalue weighted by Crippen LogP contribution is 2.30. The van der Waals surface area contributed by atoms with Gasteiger partial charge in [0, 0.05) is 12.1 Å². The fourth-order valence-corrected chi connectivity index (χ4v) is 3.18. The average molecular weight is 346 g/mol. The zero-order valence-electron chi connectivity index (χ0n) is 14.0. The lowest BCUT2D eigenvalue weighted by Crippen LogP contribution is -2.23. The quantitative estimate of drug-likeness (QED) is 0.678. The molecule has 6 heteroatoms. The van der Waals surface area contributed by atoms with E-state index in [9.17, 15) is 9.90 Å². The zero-order valence-corrected chi connectivity index (χ0v) is 14.0. The van der Waals surface area contributed by atoms with Crippen LogP contribution >= 0.6 is 0 Å². The van der Waals surface area contributed by atoms with Gasteiger partial charge < -0.3 is 20.3 Å². The molecule has 2 heterocycles. The van der Waals surface area contributed by atoms with Crippen LogP contribution in [-0.2, 0) is 11.3 Å². The molecule has 1 amide bonds. The fourth-order valence-electron chi connectivity index (χ4n) is 3.18. The van der Waals surface area contributed by atoms with E-state index in [0.29, 0.717) is 12.4 Å². The Labute approximate surface area is 150 Å². The molecule has 1 unspecified atom stereocenters. The third kappa shape index (κ3) is 2.93. The molecule has 3 N–H and O–H groups in total. The minimum Gasteiger partial charge on any atom is -0.508 e. The molecule has 0 aliphatic carbocycles. The van der Waals surface area contributed by atoms with Crippen LogP contribution < -0.4 is 10.6 Å². The van der Waals surface area contributed by atoms with E-state index in [1.54, 1.807) is 24.5 Å². The molecule has 130 valence electrons. The predicted octanol–water partition coefficient (Wildman–Crippen LogP) is 2.54. The summed E-state index contributed by atoms with van der Waals surface area (Å²) in [4.78, 5) is 17.0. The number of carbonyl (C=O) groups is 1. The van der Waals surface area contributed by atoms with Crippen LogP contribution in [0, 0.1) is 0 Å². The predicted molar refractivity (Wildman–Crippen MR) is 98.0 cm³/mol. The van der Waals surface area contributed by atoms with Crippen molar-refractivity contribution in [2.75, 3.05) is 0 Å². The van der Waals surface area contributed by atoms with Gasteiger partial charge in [-0.2, -0.15) is 0 Å². The molecule has 0 spiro atoms. The summed E-state index contributed by atoms with van der Waals surface area (Å²) in [5, 5.41) is 15.5. The van der Waals surface area contributed by atoms with Gasteiger partial charge in [0.2, 0.25) is 0 Å². The summed E-state index contributed by atoms with van der Waals surface area (Å²) >= 11 is 0. The van der Waals surface area contributed by atoms with E-state index in [4.69, 9.17) is 0 Å². The first-order valence-electron chi connectivity index (χ1n) is 8.26. The van der Waals surface area contributed by atoms with Gasteiger partial charge in [-0.15, -0.1) is 0 Å². The van der Waals surface area contributed by atoms with Gasteiger partial charge in [-0.3, -0.25) is 4.79 Å². The Morgan fingerprint density at radius 2 is 1.96 bits per heavy atom. The highest BCUT2D eigenvalue weighted by atomic mass is 16.3. The third-order valence-electron chi connectivity index (χ3n) is 4.32. The first-order chi connectivity index (χ1) is 12.6. The lowest BCUT2D eigenvalue weighted by atomic mass is 10.1. The van der Waals surface area contributed by atoms with Crippen molar-refractivity contribution in [3.63, 3.8) is 0 Å². The molecule has 0 bridgehead atoms. The van der Waals surface area contributed by atoms with Gasteiger partial charge in [0.15, 0.2) is 0 Å². The van der Waals surface area contributed by atoms with Crippen LogP contribution in [0.25, 0.3) is 11.3 Å². The summed E-state index contributed by atoms with van der Waals surface area (Å²) < 4.78 is 1.92. The van der Waals surface area contributed by atoms with Gasteiger partial charge in [0.05, 0.1) is 23.5 Å². The lowest BCUT2D eigenvalue weighted by Gasteiger charge is -2.15. The second-order valence-electron chi connectivity index (χ2n) is 6.19. The molecule has 0 radical (unpaired) electrons. The lowest BCUT2D eigenvalue weighted by molar-refractivity contribution is -0.120. The number of nitrogens with one attached hydrogen (secondary N) is 2. The normalized spacial score (nSPS) is 16.4. The van der Waals surface area contributed by atoms with Crippen LogP contribution in [0.1, 0.15) is 17.3 Å². The molecular weight excluding hydrogens is 328 g/mol. The zero-order chi connectivity index (χ0) is 18.1. The van der Waals surface area contributed by atoms with E-state index < -0.39 is 6.04 Å². The summed E-state index contributed by atoms with van der Waals surface area (Å²) in [6.07, 6.45) is 1.72. The Hall–Kier alpha value is -3.54. The first-order valence-corrected chi connectivity index (χ1v) is 8.26. The minimum absolute atomic E-state index is 0.162. The standard InChI is InChI=1S/C20H18N4O2/c1-13-22-18(20(26)23-13)19-17(15-7-3-2-4-8-15)21-12-24(19)11-14-6-5-9-16(25)10-14/h2-10,12,18,22,25H,1,11H2,(H,23,26). The average Bonchev–Trinajstić information content (AvgIpc) is 3.18. The van der Waals surface area contributed by atoms with Crippen LogP contribution in [0.5, 0.6) is 5.75 Å². The van der Waals surface area contributed by atoms with Crippen molar-refractivity contribution in [3.05, 3.63) is 84.6 Å². The van der Waals surface area contributed by atoms with Gasteiger partial charge in [-0.1, -0.05) is 49.0 Å². The van der Waals surface area contributed by atoms with Crippen molar-refractivity contribution in [2.24, 2.45) is 0 Å². The molecule has 1 aliphatic rings. The van der Waals surface area contributed by atoms with Crippen molar-refractivity contribution in [2.45, 2.75) is 12.6 Å². The molecular formula is C20H18N4O2. The van der Waals surface area contributed by atoms with Crippen LogP contribution in [-0.4, -0.2) is 20.6 Å². The summed E-state index contributed by atoms with van der Waals surface area (Å²) in [5.41, 5.74) is 3.36. The fraction of sp³-hybridized carbons (Fsp3) is 0.100. The van der Waals surface area contributed by atoms with E-state index >= 15 is 0 Å². The number of aromatic nitrogens is 2. The van der Waals surface area contributed by atoms with Crippen molar-refractivity contribution in [3.8, 4) is 17.0 Å². The SMILES string of the molecule is C=C1NC(=O)C(c2c(-c3ccccc3)ncn2Cc2cccc(O)c2)N1. The monoisotopic (exact) mass is 346 g/mol. The first kappa shape index (κ1) is 16.0. The van der Waals surface area contributed by atoms with Gasteiger partial charge >= 0.3 is 0 Å². The van der Waals surface area contributed by atoms with Crippen LogP contribution in [0.15, 0.2) is 73.3 Å². The summed E-state index contributed by atoms with van der Waals surface area (Å²) in [5.74, 6) is 0.520. The van der Waals surface area contributed by atoms with E-state index in [1.807, 2.05) is 41.0 Å². The maximum Gasteiger partial charge on any atom is 0.254 e. The number of aromatic hydroxyl groups is 1. The Balaban J connectivity index is 1.80. The van der Waals surface area contributed by atoms with Crippen molar-refractivity contribution in [1.82, 2.24) is 20.2 Å². The van der Waals surface area contributed by atoms with E-state index in [2.05, 4.69) is 22.2 Å². The smallest absolute Gasteiger partial charge is 0.254 e. The van der Waals surface area contributed by atoms with Crippen molar-refractivity contribution < 1.29 is 9.90 Å². The molecule has 4 rings (SSSR count). The van der Waals surface area contributed by atoms with Gasteiger partial charge in [0.25, 0.3) is 5.91 Å². The molecule has 2 aromatic carbocycles. The van der Waals surface area contributed by atoms with Gasteiger partial charge in [-0.25, -0.2) is 4.98 Å². The van der Waals surface area contributed by atoms with E-state index in [1.165, 1.54) is 0 Å². The van der Waals surface area contributed by atoms with Crippen molar-refractivity contribution in [1.29, 1.82) is 0 Å². The number of benzene rings is 2. The van der Waals surface area contributed by atoms with Gasteiger partial charge in [0.1, 0.15) is 11.8 Å². The number of phenolic OH excluding ortho intramolecular Hbond substituents is 1.